The molecule has 2 aromatic rings. The summed E-state index contributed by atoms with van der Waals surface area (Å²) in [5.74, 6) is -0.283. The molecule has 5 rings (SSSR count). The third kappa shape index (κ3) is 3.10. The minimum absolute atomic E-state index is 0.0273. The second-order valence-electron chi connectivity index (χ2n) is 7.98. The van der Waals surface area contributed by atoms with E-state index in [0.29, 0.717) is 17.3 Å². The molecule has 0 atom stereocenters. The molecule has 30 heavy (non-hydrogen) atoms. The normalized spacial score (nSPS) is 20.2. The Morgan fingerprint density at radius 3 is 2.40 bits per heavy atom. The predicted octanol–water partition coefficient (Wildman–Crippen LogP) is 3.91. The van der Waals surface area contributed by atoms with Gasteiger partial charge in [0, 0.05) is 30.8 Å². The number of imide groups is 1. The zero-order chi connectivity index (χ0) is 20.9. The van der Waals surface area contributed by atoms with Gasteiger partial charge < -0.3 is 5.32 Å². The molecule has 3 fully saturated rings. The number of carbonyl (C=O) groups excluding carboxylic acids is 3. The highest BCUT2D eigenvalue weighted by Gasteiger charge is 2.52. The lowest BCUT2D eigenvalue weighted by Gasteiger charge is -2.36. The molecule has 3 aliphatic rings. The Morgan fingerprint density at radius 1 is 0.933 bits per heavy atom. The summed E-state index contributed by atoms with van der Waals surface area (Å²) in [6.45, 7) is 1.02. The lowest BCUT2D eigenvalue weighted by atomic mass is 10.0. The fourth-order valence-electron chi connectivity index (χ4n) is 4.35. The Hall–Kier alpha value is -3.06. The summed E-state index contributed by atoms with van der Waals surface area (Å²) in [5.41, 5.74) is 3.08. The van der Waals surface area contributed by atoms with Crippen LogP contribution in [0.3, 0.4) is 0 Å². The summed E-state index contributed by atoms with van der Waals surface area (Å²) in [4.78, 5) is 39.5. The van der Waals surface area contributed by atoms with Crippen LogP contribution in [-0.2, 0) is 4.79 Å². The summed E-state index contributed by atoms with van der Waals surface area (Å²) in [5, 5.41) is 5.70. The van der Waals surface area contributed by atoms with Crippen LogP contribution >= 0.6 is 11.6 Å². The van der Waals surface area contributed by atoms with Gasteiger partial charge in [-0.05, 0) is 43.0 Å². The number of amides is 5. The molecule has 2 aromatic carbocycles. The van der Waals surface area contributed by atoms with Gasteiger partial charge in [0.1, 0.15) is 0 Å². The number of anilines is 2. The van der Waals surface area contributed by atoms with Gasteiger partial charge in [-0.25, -0.2) is 9.59 Å². The van der Waals surface area contributed by atoms with Crippen LogP contribution < -0.4 is 20.4 Å². The van der Waals surface area contributed by atoms with E-state index in [1.54, 1.807) is 6.07 Å². The maximum Gasteiger partial charge on any atom is 0.328 e. The molecule has 154 valence electrons. The first kappa shape index (κ1) is 18.9. The van der Waals surface area contributed by atoms with Crippen molar-refractivity contribution in [1.29, 1.82) is 0 Å². The topological polar surface area (TPSA) is 81.8 Å². The smallest absolute Gasteiger partial charge is 0.328 e. The second kappa shape index (κ2) is 7.02. The molecular formula is C22H21ClN4O3. The lowest BCUT2D eigenvalue weighted by Crippen LogP contribution is -2.54. The molecule has 0 unspecified atom stereocenters. The number of nitrogens with one attached hydrogen (secondary N) is 2. The second-order valence-corrected chi connectivity index (χ2v) is 8.36. The quantitative estimate of drug-likeness (QED) is 0.783. The summed E-state index contributed by atoms with van der Waals surface area (Å²) >= 11 is 6.66. The maximum atomic E-state index is 12.5. The molecule has 2 N–H and O–H groups in total. The van der Waals surface area contributed by atoms with E-state index in [1.807, 2.05) is 41.3 Å². The number of rotatable bonds is 3. The van der Waals surface area contributed by atoms with E-state index in [2.05, 4.69) is 10.6 Å². The van der Waals surface area contributed by atoms with Crippen molar-refractivity contribution in [3.63, 3.8) is 0 Å². The van der Waals surface area contributed by atoms with E-state index in [1.165, 1.54) is 4.90 Å². The molecule has 1 spiro atoms. The first-order valence-electron chi connectivity index (χ1n) is 10.1. The molecule has 0 bridgehead atoms. The largest absolute Gasteiger partial charge is 0.338 e. The van der Waals surface area contributed by atoms with E-state index in [-0.39, 0.29) is 23.9 Å². The van der Waals surface area contributed by atoms with Crippen LogP contribution in [0.25, 0.3) is 11.1 Å². The van der Waals surface area contributed by atoms with E-state index in [4.69, 9.17) is 11.6 Å². The Balaban J connectivity index is 1.45. The zero-order valence-corrected chi connectivity index (χ0v) is 17.0. The summed E-state index contributed by atoms with van der Waals surface area (Å²) in [6, 6.07) is 12.8. The van der Waals surface area contributed by atoms with Crippen molar-refractivity contribution in [3.8, 4) is 11.1 Å². The van der Waals surface area contributed by atoms with Gasteiger partial charge in [-0.3, -0.25) is 19.9 Å². The van der Waals surface area contributed by atoms with Crippen molar-refractivity contribution in [2.24, 2.45) is 0 Å². The van der Waals surface area contributed by atoms with Crippen LogP contribution in [-0.4, -0.2) is 36.6 Å². The summed E-state index contributed by atoms with van der Waals surface area (Å²) < 4.78 is 0. The molecule has 5 amide bonds. The number of urea groups is 2. The number of benzene rings is 2. The van der Waals surface area contributed by atoms with Gasteiger partial charge in [-0.1, -0.05) is 35.9 Å². The van der Waals surface area contributed by atoms with Crippen molar-refractivity contribution in [2.45, 2.75) is 31.2 Å². The van der Waals surface area contributed by atoms with Crippen LogP contribution in [0.15, 0.2) is 42.5 Å². The molecule has 2 aliphatic heterocycles. The Bertz CT molecular complexity index is 1050. The monoisotopic (exact) mass is 424 g/mol. The molecule has 7 nitrogen and oxygen atoms in total. The minimum atomic E-state index is -0.466. The standard InChI is InChI=1S/C22H21ClN4O3/c23-19-16(2-1-3-17(19)26-13-8-18(28)25-21(26)30)14-4-6-15(7-5-14)27-20(29)24-12-11-22(27)9-10-22/h1-7H,8-13H2,(H,24,29)(H,25,28,30). The highest BCUT2D eigenvalue weighted by Crippen LogP contribution is 2.48. The van der Waals surface area contributed by atoms with Crippen LogP contribution in [0.1, 0.15) is 25.7 Å². The van der Waals surface area contributed by atoms with Crippen molar-refractivity contribution in [2.75, 3.05) is 22.9 Å². The third-order valence-corrected chi connectivity index (χ3v) is 6.53. The average molecular weight is 425 g/mol. The number of nitrogens with zero attached hydrogens (tertiary/aromatic N) is 2. The first-order valence-corrected chi connectivity index (χ1v) is 10.4. The van der Waals surface area contributed by atoms with Gasteiger partial charge >= 0.3 is 12.1 Å². The van der Waals surface area contributed by atoms with Crippen molar-refractivity contribution in [3.05, 3.63) is 47.5 Å². The van der Waals surface area contributed by atoms with Crippen molar-refractivity contribution < 1.29 is 14.4 Å². The van der Waals surface area contributed by atoms with Gasteiger partial charge in [0.25, 0.3) is 0 Å². The minimum Gasteiger partial charge on any atom is -0.338 e. The summed E-state index contributed by atoms with van der Waals surface area (Å²) in [6.07, 6.45) is 3.28. The van der Waals surface area contributed by atoms with Crippen molar-refractivity contribution >= 4 is 40.9 Å². The van der Waals surface area contributed by atoms with Gasteiger partial charge in [0.15, 0.2) is 0 Å². The maximum absolute atomic E-state index is 12.5. The molecule has 0 aromatic heterocycles. The molecule has 2 heterocycles. The fourth-order valence-corrected chi connectivity index (χ4v) is 4.69. The Kier molecular flexibility index (Phi) is 4.43. The summed E-state index contributed by atoms with van der Waals surface area (Å²) in [7, 11) is 0. The molecule has 8 heteroatoms. The first-order chi connectivity index (χ1) is 14.5. The zero-order valence-electron chi connectivity index (χ0n) is 16.3. The van der Waals surface area contributed by atoms with Gasteiger partial charge in [0.05, 0.1) is 16.2 Å². The molecule has 2 saturated heterocycles. The highest BCUT2D eigenvalue weighted by molar-refractivity contribution is 6.36. The van der Waals surface area contributed by atoms with Crippen LogP contribution in [0.4, 0.5) is 21.0 Å². The van der Waals surface area contributed by atoms with Gasteiger partial charge in [-0.15, -0.1) is 0 Å². The third-order valence-electron chi connectivity index (χ3n) is 6.13. The number of carbonyl (C=O) groups is 3. The molecule has 1 aliphatic carbocycles. The number of halogens is 1. The van der Waals surface area contributed by atoms with Crippen molar-refractivity contribution in [1.82, 2.24) is 10.6 Å². The number of hydrogen-bond donors (Lipinski definition) is 2. The molecule has 0 radical (unpaired) electrons. The Morgan fingerprint density at radius 2 is 1.70 bits per heavy atom. The Labute approximate surface area is 179 Å². The fraction of sp³-hybridized carbons (Fsp3) is 0.318. The van der Waals surface area contributed by atoms with Gasteiger partial charge in [-0.2, -0.15) is 0 Å². The average Bonchev–Trinajstić information content (AvgIpc) is 3.49. The number of hydrogen-bond acceptors (Lipinski definition) is 3. The SMILES string of the molecule is O=C1CCN(c2cccc(-c3ccc(N4C(=O)NCCC45CC5)cc3)c2Cl)C(=O)N1. The van der Waals surface area contributed by atoms with Gasteiger partial charge in [0.2, 0.25) is 5.91 Å². The lowest BCUT2D eigenvalue weighted by molar-refractivity contribution is -0.120. The van der Waals surface area contributed by atoms with E-state index < -0.39 is 6.03 Å². The van der Waals surface area contributed by atoms with Crippen LogP contribution in [0, 0.1) is 0 Å². The predicted molar refractivity (Wildman–Crippen MR) is 115 cm³/mol. The van der Waals surface area contributed by atoms with E-state index >= 15 is 0 Å². The molecule has 1 saturated carbocycles. The van der Waals surface area contributed by atoms with Crippen LogP contribution in [0.5, 0.6) is 0 Å². The molecular weight excluding hydrogens is 404 g/mol. The van der Waals surface area contributed by atoms with E-state index in [9.17, 15) is 14.4 Å². The van der Waals surface area contributed by atoms with E-state index in [0.717, 1.165) is 42.6 Å². The highest BCUT2D eigenvalue weighted by atomic mass is 35.5. The van der Waals surface area contributed by atoms with Crippen LogP contribution in [0.2, 0.25) is 5.02 Å².